The number of rotatable bonds is 5. The van der Waals surface area contributed by atoms with Crippen molar-refractivity contribution in [3.05, 3.63) is 28.8 Å². The minimum Gasteiger partial charge on any atom is -0.392 e. The van der Waals surface area contributed by atoms with Crippen LogP contribution in [0.2, 0.25) is 5.02 Å². The van der Waals surface area contributed by atoms with Crippen LogP contribution in [0.25, 0.3) is 0 Å². The zero-order valence-corrected chi connectivity index (χ0v) is 11.7. The summed E-state index contributed by atoms with van der Waals surface area (Å²) in [7, 11) is 1.66. The van der Waals surface area contributed by atoms with Gasteiger partial charge in [0.05, 0.1) is 11.7 Å². The van der Waals surface area contributed by atoms with Gasteiger partial charge in [-0.3, -0.25) is 4.79 Å². The first kappa shape index (κ1) is 14.8. The van der Waals surface area contributed by atoms with Crippen molar-refractivity contribution >= 4 is 23.2 Å². The summed E-state index contributed by atoms with van der Waals surface area (Å²) in [5.41, 5.74) is 1.27. The maximum Gasteiger partial charge on any atom is 0.255 e. The second-order valence-electron chi connectivity index (χ2n) is 4.25. The van der Waals surface area contributed by atoms with E-state index < -0.39 is 6.10 Å². The van der Waals surface area contributed by atoms with Crippen LogP contribution in [0.5, 0.6) is 0 Å². The van der Waals surface area contributed by atoms with E-state index in [1.807, 2.05) is 6.92 Å². The summed E-state index contributed by atoms with van der Waals surface area (Å²) >= 11 is 5.92. The molecule has 0 spiro atoms. The number of amides is 1. The van der Waals surface area contributed by atoms with Gasteiger partial charge in [-0.2, -0.15) is 0 Å². The molecule has 5 heteroatoms. The number of likely N-dealkylation sites (N-methyl/N-ethyl adjacent to an activating group) is 1. The minimum atomic E-state index is -0.555. The smallest absolute Gasteiger partial charge is 0.255 e. The molecule has 0 aliphatic rings. The summed E-state index contributed by atoms with van der Waals surface area (Å²) in [5.74, 6) is -0.158. The maximum atomic E-state index is 12.2. The molecule has 1 atom stereocenters. The topological polar surface area (TPSA) is 52.6 Å². The third-order valence-electron chi connectivity index (χ3n) is 2.46. The van der Waals surface area contributed by atoms with E-state index >= 15 is 0 Å². The average molecular weight is 271 g/mol. The number of nitrogens with zero attached hydrogens (tertiary/aromatic N) is 1. The molecule has 1 unspecified atom stereocenters. The normalized spacial score (nSPS) is 12.1. The number of nitrogens with one attached hydrogen (secondary N) is 1. The lowest BCUT2D eigenvalue weighted by molar-refractivity contribution is 0.0704. The molecule has 0 aliphatic heterocycles. The van der Waals surface area contributed by atoms with Crippen LogP contribution in [0.1, 0.15) is 24.2 Å². The number of anilines is 1. The van der Waals surface area contributed by atoms with Crippen LogP contribution in [0.3, 0.4) is 0 Å². The van der Waals surface area contributed by atoms with Gasteiger partial charge in [-0.15, -0.1) is 0 Å². The minimum absolute atomic E-state index is 0.158. The Hall–Kier alpha value is -1.26. The van der Waals surface area contributed by atoms with Crippen LogP contribution in [0.15, 0.2) is 18.2 Å². The zero-order chi connectivity index (χ0) is 13.7. The number of hydrogen-bond donors (Lipinski definition) is 2. The largest absolute Gasteiger partial charge is 0.392 e. The van der Waals surface area contributed by atoms with Crippen molar-refractivity contribution in [1.82, 2.24) is 4.90 Å². The van der Waals surface area contributed by atoms with E-state index in [0.29, 0.717) is 10.6 Å². The second kappa shape index (κ2) is 6.61. The first-order chi connectivity index (χ1) is 8.45. The Morgan fingerprint density at radius 1 is 1.56 bits per heavy atom. The molecule has 4 nitrogen and oxygen atoms in total. The Balaban J connectivity index is 2.99. The number of carbonyl (C=O) groups excluding carboxylic acids is 1. The fourth-order valence-corrected chi connectivity index (χ4v) is 1.89. The zero-order valence-electron chi connectivity index (χ0n) is 10.9. The van der Waals surface area contributed by atoms with Crippen LogP contribution in [0, 0.1) is 0 Å². The fourth-order valence-electron chi connectivity index (χ4n) is 1.72. The van der Waals surface area contributed by atoms with Crippen molar-refractivity contribution in [3.8, 4) is 0 Å². The van der Waals surface area contributed by atoms with Gasteiger partial charge in [0.25, 0.3) is 5.91 Å². The number of hydrogen-bond acceptors (Lipinski definition) is 3. The van der Waals surface area contributed by atoms with Gasteiger partial charge in [0.15, 0.2) is 0 Å². The average Bonchev–Trinajstić information content (AvgIpc) is 2.30. The summed E-state index contributed by atoms with van der Waals surface area (Å²) < 4.78 is 0. The van der Waals surface area contributed by atoms with Gasteiger partial charge in [-0.05, 0) is 32.0 Å². The molecule has 2 N–H and O–H groups in total. The van der Waals surface area contributed by atoms with E-state index in [0.717, 1.165) is 12.2 Å². The van der Waals surface area contributed by atoms with Gasteiger partial charge in [-0.1, -0.05) is 11.6 Å². The predicted molar refractivity (Wildman–Crippen MR) is 74.3 cm³/mol. The van der Waals surface area contributed by atoms with Gasteiger partial charge in [0.1, 0.15) is 0 Å². The summed E-state index contributed by atoms with van der Waals surface area (Å²) in [4.78, 5) is 13.7. The molecule has 1 aromatic rings. The molecule has 18 heavy (non-hydrogen) atoms. The summed E-state index contributed by atoms with van der Waals surface area (Å²) in [5, 5.41) is 13.0. The Kier molecular flexibility index (Phi) is 5.44. The molecular weight excluding hydrogens is 252 g/mol. The first-order valence-corrected chi connectivity index (χ1v) is 6.30. The van der Waals surface area contributed by atoms with E-state index in [1.165, 1.54) is 4.90 Å². The van der Waals surface area contributed by atoms with Crippen LogP contribution in [-0.2, 0) is 0 Å². The van der Waals surface area contributed by atoms with Crippen LogP contribution in [0.4, 0.5) is 5.69 Å². The maximum absolute atomic E-state index is 12.2. The Bertz CT molecular complexity index is 421. The molecule has 100 valence electrons. The quantitative estimate of drug-likeness (QED) is 0.863. The second-order valence-corrected chi connectivity index (χ2v) is 4.69. The SMILES string of the molecule is CCNc1ccc(Cl)cc1C(=O)N(C)CC(C)O. The molecule has 0 aromatic heterocycles. The third-order valence-corrected chi connectivity index (χ3v) is 2.70. The van der Waals surface area contributed by atoms with Crippen LogP contribution >= 0.6 is 11.6 Å². The number of aliphatic hydroxyl groups excluding tert-OH is 1. The molecule has 0 saturated carbocycles. The summed E-state index contributed by atoms with van der Waals surface area (Å²) in [6.45, 7) is 4.62. The highest BCUT2D eigenvalue weighted by Crippen LogP contribution is 2.22. The van der Waals surface area contributed by atoms with E-state index in [-0.39, 0.29) is 12.5 Å². The molecule has 0 aliphatic carbocycles. The first-order valence-electron chi connectivity index (χ1n) is 5.92. The lowest BCUT2D eigenvalue weighted by atomic mass is 10.1. The van der Waals surface area contributed by atoms with E-state index in [1.54, 1.807) is 32.2 Å². The predicted octanol–water partition coefficient (Wildman–Crippen LogP) is 2.22. The fraction of sp³-hybridized carbons (Fsp3) is 0.462. The number of aliphatic hydroxyl groups is 1. The summed E-state index contributed by atoms with van der Waals surface area (Å²) in [6, 6.07) is 5.17. The molecule has 0 heterocycles. The van der Waals surface area contributed by atoms with E-state index in [9.17, 15) is 9.90 Å². The molecule has 0 saturated heterocycles. The number of benzene rings is 1. The van der Waals surface area contributed by atoms with Gasteiger partial charge in [0, 0.05) is 30.8 Å². The lowest BCUT2D eigenvalue weighted by Gasteiger charge is -2.20. The van der Waals surface area contributed by atoms with Crippen molar-refractivity contribution in [2.24, 2.45) is 0 Å². The molecule has 1 aromatic carbocycles. The Morgan fingerprint density at radius 2 is 2.22 bits per heavy atom. The molecular formula is C13H19ClN2O2. The highest BCUT2D eigenvalue weighted by molar-refractivity contribution is 6.31. The van der Waals surface area contributed by atoms with Crippen molar-refractivity contribution in [3.63, 3.8) is 0 Å². The standard InChI is InChI=1S/C13H19ClN2O2/c1-4-15-12-6-5-10(14)7-11(12)13(18)16(3)8-9(2)17/h5-7,9,15,17H,4,8H2,1-3H3. The Morgan fingerprint density at radius 3 is 2.78 bits per heavy atom. The van der Waals surface area contributed by atoms with Gasteiger partial charge >= 0.3 is 0 Å². The van der Waals surface area contributed by atoms with Crippen LogP contribution in [-0.4, -0.2) is 42.2 Å². The molecule has 0 fully saturated rings. The number of carbonyl (C=O) groups is 1. The van der Waals surface area contributed by atoms with Gasteiger partial charge in [0.2, 0.25) is 0 Å². The number of halogens is 1. The van der Waals surface area contributed by atoms with Crippen molar-refractivity contribution in [1.29, 1.82) is 0 Å². The monoisotopic (exact) mass is 270 g/mol. The molecule has 0 radical (unpaired) electrons. The van der Waals surface area contributed by atoms with Gasteiger partial charge in [-0.25, -0.2) is 0 Å². The van der Waals surface area contributed by atoms with Crippen molar-refractivity contribution < 1.29 is 9.90 Å². The lowest BCUT2D eigenvalue weighted by Crippen LogP contribution is -2.33. The highest BCUT2D eigenvalue weighted by Gasteiger charge is 2.17. The molecule has 1 rings (SSSR count). The van der Waals surface area contributed by atoms with Crippen LogP contribution < -0.4 is 5.32 Å². The molecule has 1 amide bonds. The van der Waals surface area contributed by atoms with E-state index in [2.05, 4.69) is 5.32 Å². The highest BCUT2D eigenvalue weighted by atomic mass is 35.5. The van der Waals surface area contributed by atoms with Crippen molar-refractivity contribution in [2.45, 2.75) is 20.0 Å². The van der Waals surface area contributed by atoms with Gasteiger partial charge < -0.3 is 15.3 Å². The van der Waals surface area contributed by atoms with E-state index in [4.69, 9.17) is 11.6 Å². The Labute approximate surface area is 113 Å². The summed E-state index contributed by atoms with van der Waals surface area (Å²) in [6.07, 6.45) is -0.555. The third kappa shape index (κ3) is 3.89. The van der Waals surface area contributed by atoms with Crippen molar-refractivity contribution in [2.75, 3.05) is 25.5 Å². The molecule has 0 bridgehead atoms.